The van der Waals surface area contributed by atoms with Crippen LogP contribution in [0, 0.1) is 0 Å². The molecule has 8 heteroatoms. The van der Waals surface area contributed by atoms with Crippen molar-refractivity contribution in [1.29, 1.82) is 0 Å². The van der Waals surface area contributed by atoms with E-state index in [1.807, 2.05) is 36.4 Å². The van der Waals surface area contributed by atoms with E-state index in [1.165, 1.54) is 6.39 Å². The van der Waals surface area contributed by atoms with Gasteiger partial charge < -0.3 is 23.9 Å². The normalized spacial score (nSPS) is 15.1. The zero-order valence-electron chi connectivity index (χ0n) is 20.0. The number of amides is 1. The third kappa shape index (κ3) is 6.48. The van der Waals surface area contributed by atoms with Crippen LogP contribution in [0.3, 0.4) is 0 Å². The van der Waals surface area contributed by atoms with Crippen molar-refractivity contribution >= 4 is 11.9 Å². The number of methoxy groups -OCH3 is 1. The van der Waals surface area contributed by atoms with Crippen LogP contribution in [-0.2, 0) is 40.1 Å². The predicted molar refractivity (Wildman–Crippen MR) is 129 cm³/mol. The minimum atomic E-state index is -0.452. The Balaban J connectivity index is 1.37. The summed E-state index contributed by atoms with van der Waals surface area (Å²) in [4.78, 5) is 28.9. The average molecular weight is 479 g/mol. The first-order valence-corrected chi connectivity index (χ1v) is 11.8. The number of benzene rings is 2. The monoisotopic (exact) mass is 478 g/mol. The first kappa shape index (κ1) is 24.5. The number of carbonyl (C=O) groups is 2. The Morgan fingerprint density at radius 2 is 1.91 bits per heavy atom. The van der Waals surface area contributed by atoms with Gasteiger partial charge in [0.1, 0.15) is 17.6 Å². The van der Waals surface area contributed by atoms with E-state index in [0.29, 0.717) is 37.7 Å². The van der Waals surface area contributed by atoms with E-state index < -0.39 is 6.09 Å². The van der Waals surface area contributed by atoms with Crippen molar-refractivity contribution in [2.75, 3.05) is 20.3 Å². The number of aryl methyl sites for hydroxylation is 1. The first-order chi connectivity index (χ1) is 17.1. The second kappa shape index (κ2) is 11.7. The van der Waals surface area contributed by atoms with Crippen LogP contribution >= 0.6 is 0 Å². The molecule has 8 nitrogen and oxygen atoms in total. The molecule has 0 aliphatic carbocycles. The van der Waals surface area contributed by atoms with Gasteiger partial charge in [0.15, 0.2) is 12.2 Å². The fourth-order valence-electron chi connectivity index (χ4n) is 4.18. The van der Waals surface area contributed by atoms with E-state index in [9.17, 15) is 9.59 Å². The van der Waals surface area contributed by atoms with Crippen molar-refractivity contribution in [2.45, 2.75) is 45.3 Å². The molecule has 1 aromatic heterocycles. The lowest BCUT2D eigenvalue weighted by atomic mass is 9.97. The zero-order chi connectivity index (χ0) is 24.6. The van der Waals surface area contributed by atoms with Gasteiger partial charge in [-0.2, -0.15) is 0 Å². The molecular weight excluding hydrogens is 448 g/mol. The summed E-state index contributed by atoms with van der Waals surface area (Å²) in [6.07, 6.45) is 4.48. The molecule has 1 amide bonds. The van der Waals surface area contributed by atoms with Gasteiger partial charge in [0.25, 0.3) is 0 Å². The molecule has 1 aliphatic rings. The standard InChI is InChI=1S/C27H30N2O6/c1-3-20-6-4-18(10-21(20)14-29-27(31)35-23-8-9-33-16-23)11-22(30)12-19-5-7-24(25(13-19)32-2)26-15-28-17-34-26/h4-7,10,13,15,17,23H,3,8-9,11-12,14,16H2,1-2H3,(H,29,31)/t23-/m0/s1. The number of rotatable bonds is 10. The van der Waals surface area contributed by atoms with Gasteiger partial charge in [-0.05, 0) is 40.8 Å². The molecule has 2 aromatic carbocycles. The van der Waals surface area contributed by atoms with E-state index in [4.69, 9.17) is 18.6 Å². The summed E-state index contributed by atoms with van der Waals surface area (Å²) in [7, 11) is 1.59. The minimum absolute atomic E-state index is 0.0864. The van der Waals surface area contributed by atoms with Crippen molar-refractivity contribution < 1.29 is 28.2 Å². The molecule has 1 saturated heterocycles. The van der Waals surface area contributed by atoms with Gasteiger partial charge >= 0.3 is 6.09 Å². The summed E-state index contributed by atoms with van der Waals surface area (Å²) < 4.78 is 21.5. The SMILES string of the molecule is CCc1ccc(CC(=O)Cc2ccc(-c3cnco3)c(OC)c2)cc1CNC(=O)O[C@H]1CCOC1. The van der Waals surface area contributed by atoms with Crippen LogP contribution in [0.1, 0.15) is 35.6 Å². The molecule has 0 radical (unpaired) electrons. The van der Waals surface area contributed by atoms with Gasteiger partial charge in [0, 0.05) is 25.8 Å². The number of ketones is 1. The molecular formula is C27H30N2O6. The number of aromatic nitrogens is 1. The van der Waals surface area contributed by atoms with E-state index in [2.05, 4.69) is 17.2 Å². The molecule has 184 valence electrons. The van der Waals surface area contributed by atoms with Crippen molar-refractivity contribution in [3.8, 4) is 17.1 Å². The fourth-order valence-corrected chi connectivity index (χ4v) is 4.18. The number of hydrogen-bond acceptors (Lipinski definition) is 7. The van der Waals surface area contributed by atoms with Crippen molar-refractivity contribution in [3.63, 3.8) is 0 Å². The predicted octanol–water partition coefficient (Wildman–Crippen LogP) is 4.28. The molecule has 0 unspecified atom stereocenters. The highest BCUT2D eigenvalue weighted by Gasteiger charge is 2.20. The smallest absolute Gasteiger partial charge is 0.407 e. The Labute approximate surface area is 204 Å². The number of hydrogen-bond donors (Lipinski definition) is 1. The lowest BCUT2D eigenvalue weighted by molar-refractivity contribution is -0.117. The average Bonchev–Trinajstić information content (AvgIpc) is 3.57. The number of oxazole rings is 1. The second-order valence-corrected chi connectivity index (χ2v) is 8.49. The highest BCUT2D eigenvalue weighted by Crippen LogP contribution is 2.31. The maximum atomic E-state index is 12.8. The number of Topliss-reactive ketones (excluding diaryl/α,β-unsaturated/α-hetero) is 1. The number of nitrogens with zero attached hydrogens (tertiary/aromatic N) is 1. The molecule has 4 rings (SSSR count). The summed E-state index contributed by atoms with van der Waals surface area (Å²) in [6.45, 7) is 3.47. The Kier molecular flexibility index (Phi) is 8.15. The number of nitrogens with one attached hydrogen (secondary N) is 1. The Morgan fingerprint density at radius 3 is 2.60 bits per heavy atom. The van der Waals surface area contributed by atoms with Crippen molar-refractivity contribution in [3.05, 3.63) is 71.2 Å². The molecule has 2 heterocycles. The van der Waals surface area contributed by atoms with Crippen LogP contribution in [0.15, 0.2) is 53.4 Å². The third-order valence-corrected chi connectivity index (χ3v) is 6.00. The zero-order valence-corrected chi connectivity index (χ0v) is 20.0. The van der Waals surface area contributed by atoms with Gasteiger partial charge in [-0.1, -0.05) is 31.2 Å². The summed E-state index contributed by atoms with van der Waals surface area (Å²) in [5.41, 5.74) is 4.66. The number of ether oxygens (including phenoxy) is 3. The summed E-state index contributed by atoms with van der Waals surface area (Å²) in [5, 5.41) is 2.82. The highest BCUT2D eigenvalue weighted by atomic mass is 16.6. The maximum Gasteiger partial charge on any atom is 0.407 e. The Hall–Kier alpha value is -3.65. The lowest BCUT2D eigenvalue weighted by Gasteiger charge is -2.14. The molecule has 1 aliphatic heterocycles. The molecule has 0 bridgehead atoms. The lowest BCUT2D eigenvalue weighted by Crippen LogP contribution is -2.29. The Bertz CT molecular complexity index is 1150. The Morgan fingerprint density at radius 1 is 1.11 bits per heavy atom. The molecule has 1 atom stereocenters. The van der Waals surface area contributed by atoms with Crippen LogP contribution in [0.5, 0.6) is 5.75 Å². The van der Waals surface area contributed by atoms with Crippen LogP contribution < -0.4 is 10.1 Å². The van der Waals surface area contributed by atoms with E-state index in [-0.39, 0.29) is 18.3 Å². The maximum absolute atomic E-state index is 12.8. The summed E-state index contributed by atoms with van der Waals surface area (Å²) >= 11 is 0. The summed E-state index contributed by atoms with van der Waals surface area (Å²) in [6, 6.07) is 11.6. The number of carbonyl (C=O) groups excluding carboxylic acids is 2. The molecule has 3 aromatic rings. The van der Waals surface area contributed by atoms with Crippen LogP contribution in [0.25, 0.3) is 11.3 Å². The van der Waals surface area contributed by atoms with Gasteiger partial charge in [-0.3, -0.25) is 4.79 Å². The van der Waals surface area contributed by atoms with Crippen molar-refractivity contribution in [1.82, 2.24) is 10.3 Å². The van der Waals surface area contributed by atoms with E-state index in [1.54, 1.807) is 13.3 Å². The first-order valence-electron chi connectivity index (χ1n) is 11.8. The molecule has 1 N–H and O–H groups in total. The van der Waals surface area contributed by atoms with E-state index >= 15 is 0 Å². The van der Waals surface area contributed by atoms with Gasteiger partial charge in [-0.15, -0.1) is 0 Å². The quantitative estimate of drug-likeness (QED) is 0.464. The van der Waals surface area contributed by atoms with Crippen LogP contribution in [0.2, 0.25) is 0 Å². The summed E-state index contributed by atoms with van der Waals surface area (Å²) in [5.74, 6) is 1.32. The van der Waals surface area contributed by atoms with Crippen molar-refractivity contribution in [2.24, 2.45) is 0 Å². The van der Waals surface area contributed by atoms with E-state index in [0.717, 1.165) is 40.7 Å². The molecule has 1 fully saturated rings. The van der Waals surface area contributed by atoms with Gasteiger partial charge in [-0.25, -0.2) is 9.78 Å². The second-order valence-electron chi connectivity index (χ2n) is 8.49. The topological polar surface area (TPSA) is 99.9 Å². The number of alkyl carbamates (subject to hydrolysis) is 1. The largest absolute Gasteiger partial charge is 0.496 e. The third-order valence-electron chi connectivity index (χ3n) is 6.00. The van der Waals surface area contributed by atoms with Gasteiger partial charge in [0.2, 0.25) is 0 Å². The molecule has 0 saturated carbocycles. The van der Waals surface area contributed by atoms with Crippen LogP contribution in [0.4, 0.5) is 4.79 Å². The molecule has 35 heavy (non-hydrogen) atoms. The van der Waals surface area contributed by atoms with Crippen LogP contribution in [-0.4, -0.2) is 43.3 Å². The highest BCUT2D eigenvalue weighted by molar-refractivity contribution is 5.83. The van der Waals surface area contributed by atoms with Gasteiger partial charge in [0.05, 0.1) is 32.1 Å². The molecule has 0 spiro atoms. The minimum Gasteiger partial charge on any atom is -0.496 e. The fraction of sp³-hybridized carbons (Fsp3) is 0.370.